The fraction of sp³-hybridized carbons (Fsp3) is 0.391. The molecule has 2 aromatic carbocycles. The Balaban J connectivity index is 1.77. The summed E-state index contributed by atoms with van der Waals surface area (Å²) >= 11 is 0. The van der Waals surface area contributed by atoms with E-state index in [-0.39, 0.29) is 0 Å². The van der Waals surface area contributed by atoms with Crippen molar-refractivity contribution in [3.63, 3.8) is 0 Å². The summed E-state index contributed by atoms with van der Waals surface area (Å²) < 4.78 is 11.9. The molecule has 2 heterocycles. The van der Waals surface area contributed by atoms with Crippen molar-refractivity contribution < 1.29 is 9.15 Å². The van der Waals surface area contributed by atoms with Crippen molar-refractivity contribution in [1.29, 1.82) is 0 Å². The molecule has 0 N–H and O–H groups in total. The highest BCUT2D eigenvalue weighted by Gasteiger charge is 2.21. The maximum Gasteiger partial charge on any atom is 0.135 e. The number of likely N-dealkylation sites (tertiary alicyclic amines) is 1. The molecule has 1 saturated heterocycles. The Labute approximate surface area is 155 Å². The summed E-state index contributed by atoms with van der Waals surface area (Å²) in [5.74, 6) is 1.91. The summed E-state index contributed by atoms with van der Waals surface area (Å²) in [6.07, 6.45) is 3.90. The molecule has 4 rings (SSSR count). The van der Waals surface area contributed by atoms with Crippen LogP contribution in [0.1, 0.15) is 37.5 Å². The molecule has 136 valence electrons. The lowest BCUT2D eigenvalue weighted by molar-refractivity contribution is 0.151. The molecule has 3 nitrogen and oxygen atoms in total. The van der Waals surface area contributed by atoms with Gasteiger partial charge >= 0.3 is 0 Å². The van der Waals surface area contributed by atoms with Crippen LogP contribution in [0.5, 0.6) is 5.75 Å². The van der Waals surface area contributed by atoms with E-state index in [0.717, 1.165) is 41.1 Å². The lowest BCUT2D eigenvalue weighted by Gasteiger charge is -2.33. The highest BCUT2D eigenvalue weighted by atomic mass is 16.5. The first-order chi connectivity index (χ1) is 12.7. The lowest BCUT2D eigenvalue weighted by atomic mass is 9.99. The third-order valence-corrected chi connectivity index (χ3v) is 5.64. The van der Waals surface area contributed by atoms with Crippen LogP contribution in [0.3, 0.4) is 0 Å². The van der Waals surface area contributed by atoms with Gasteiger partial charge in [0.2, 0.25) is 0 Å². The highest BCUT2D eigenvalue weighted by Crippen LogP contribution is 2.38. The Morgan fingerprint density at radius 3 is 2.69 bits per heavy atom. The van der Waals surface area contributed by atoms with Gasteiger partial charge < -0.3 is 9.15 Å². The summed E-state index contributed by atoms with van der Waals surface area (Å²) in [4.78, 5) is 2.56. The first-order valence-electron chi connectivity index (χ1n) is 9.57. The fourth-order valence-electron chi connectivity index (χ4n) is 4.18. The van der Waals surface area contributed by atoms with E-state index >= 15 is 0 Å². The van der Waals surface area contributed by atoms with Crippen LogP contribution in [-0.2, 0) is 6.54 Å². The molecule has 0 spiro atoms. The van der Waals surface area contributed by atoms with Gasteiger partial charge in [0, 0.05) is 29.1 Å². The largest absolute Gasteiger partial charge is 0.496 e. The molecule has 0 bridgehead atoms. The summed E-state index contributed by atoms with van der Waals surface area (Å²) in [5, 5.41) is 1.13. The van der Waals surface area contributed by atoms with Crippen molar-refractivity contribution in [3.8, 4) is 16.9 Å². The molecule has 1 aromatic heterocycles. The van der Waals surface area contributed by atoms with Gasteiger partial charge in [0.05, 0.1) is 7.11 Å². The molecule has 1 atom stereocenters. The van der Waals surface area contributed by atoms with E-state index in [1.165, 1.54) is 30.4 Å². The average molecular weight is 349 g/mol. The van der Waals surface area contributed by atoms with Crippen molar-refractivity contribution >= 4 is 11.0 Å². The van der Waals surface area contributed by atoms with E-state index in [4.69, 9.17) is 9.15 Å². The Bertz CT molecular complexity index is 897. The predicted molar refractivity (Wildman–Crippen MR) is 107 cm³/mol. The van der Waals surface area contributed by atoms with Gasteiger partial charge in [0.1, 0.15) is 17.1 Å². The van der Waals surface area contributed by atoms with Crippen LogP contribution in [0.15, 0.2) is 46.9 Å². The van der Waals surface area contributed by atoms with Gasteiger partial charge in [-0.2, -0.15) is 0 Å². The molecule has 0 saturated carbocycles. The zero-order chi connectivity index (χ0) is 18.1. The number of hydrogen-bond acceptors (Lipinski definition) is 3. The minimum absolute atomic E-state index is 0.627. The van der Waals surface area contributed by atoms with Crippen LogP contribution >= 0.6 is 0 Å². The van der Waals surface area contributed by atoms with Crippen LogP contribution < -0.4 is 4.74 Å². The van der Waals surface area contributed by atoms with Crippen LogP contribution in [0, 0.1) is 6.92 Å². The number of nitrogens with zero attached hydrogens (tertiary/aromatic N) is 1. The molecule has 26 heavy (non-hydrogen) atoms. The van der Waals surface area contributed by atoms with Crippen molar-refractivity contribution in [1.82, 2.24) is 4.90 Å². The van der Waals surface area contributed by atoms with Crippen LogP contribution in [0.25, 0.3) is 22.1 Å². The number of ether oxygens (including phenoxy) is 1. The molecule has 0 aliphatic carbocycles. The minimum atomic E-state index is 0.627. The number of piperidine rings is 1. The van der Waals surface area contributed by atoms with E-state index in [0.29, 0.717) is 6.04 Å². The zero-order valence-electron chi connectivity index (χ0n) is 15.9. The van der Waals surface area contributed by atoms with Gasteiger partial charge in [0.25, 0.3) is 0 Å². The van der Waals surface area contributed by atoms with E-state index < -0.39 is 0 Å². The van der Waals surface area contributed by atoms with Crippen LogP contribution in [0.2, 0.25) is 0 Å². The number of rotatable bonds is 4. The zero-order valence-corrected chi connectivity index (χ0v) is 15.9. The second-order valence-corrected chi connectivity index (χ2v) is 7.37. The number of benzene rings is 2. The molecule has 3 aromatic rings. The fourth-order valence-corrected chi connectivity index (χ4v) is 4.18. The van der Waals surface area contributed by atoms with Crippen molar-refractivity contribution in [2.24, 2.45) is 0 Å². The van der Waals surface area contributed by atoms with E-state index in [2.05, 4.69) is 48.2 Å². The van der Waals surface area contributed by atoms with Crippen molar-refractivity contribution in [2.75, 3.05) is 13.7 Å². The van der Waals surface area contributed by atoms with Gasteiger partial charge in [-0.3, -0.25) is 4.90 Å². The van der Waals surface area contributed by atoms with Crippen molar-refractivity contribution in [2.45, 2.75) is 45.7 Å². The summed E-state index contributed by atoms with van der Waals surface area (Å²) in [6, 6.07) is 15.4. The lowest BCUT2D eigenvalue weighted by Crippen LogP contribution is -2.36. The smallest absolute Gasteiger partial charge is 0.135 e. The topological polar surface area (TPSA) is 25.6 Å². The van der Waals surface area contributed by atoms with Gasteiger partial charge in [-0.15, -0.1) is 0 Å². The first kappa shape index (κ1) is 17.2. The first-order valence-corrected chi connectivity index (χ1v) is 9.57. The number of fused-ring (bicyclic) bond motifs is 1. The van der Waals surface area contributed by atoms with Gasteiger partial charge in [-0.1, -0.05) is 36.8 Å². The Hall–Kier alpha value is -2.26. The van der Waals surface area contributed by atoms with E-state index in [1.54, 1.807) is 7.11 Å². The van der Waals surface area contributed by atoms with Gasteiger partial charge in [-0.05, 0) is 50.9 Å². The standard InChI is InChI=1S/C23H27NO2/c1-16-9-7-8-12-24(16)15-19-13-22-20(14-21(19)25-3)23(17(2)26-22)18-10-5-4-6-11-18/h4-6,10-11,13-14,16H,7-9,12,15H2,1-3H3/t16-/m0/s1. The number of aryl methyl sites for hydroxylation is 1. The van der Waals surface area contributed by atoms with E-state index in [1.807, 2.05) is 13.0 Å². The summed E-state index contributed by atoms with van der Waals surface area (Å²) in [7, 11) is 1.76. The molecule has 1 aliphatic heterocycles. The molecule has 3 heteroatoms. The number of hydrogen-bond donors (Lipinski definition) is 0. The van der Waals surface area contributed by atoms with Crippen molar-refractivity contribution in [3.05, 3.63) is 53.8 Å². The van der Waals surface area contributed by atoms with E-state index in [9.17, 15) is 0 Å². The third kappa shape index (κ3) is 3.12. The normalized spacial score (nSPS) is 18.3. The maximum atomic E-state index is 6.14. The molecule has 0 amide bonds. The van der Waals surface area contributed by atoms with Crippen LogP contribution in [-0.4, -0.2) is 24.6 Å². The SMILES string of the molecule is COc1cc2c(-c3ccccc3)c(C)oc2cc1CN1CCCC[C@@H]1C. The molecule has 1 aliphatic rings. The maximum absolute atomic E-state index is 6.14. The Morgan fingerprint density at radius 2 is 1.96 bits per heavy atom. The Kier molecular flexibility index (Phi) is 4.73. The molecular formula is C23H27NO2. The Morgan fingerprint density at radius 1 is 1.15 bits per heavy atom. The number of furan rings is 1. The minimum Gasteiger partial charge on any atom is -0.496 e. The third-order valence-electron chi connectivity index (χ3n) is 5.64. The second kappa shape index (κ2) is 7.16. The molecule has 1 fully saturated rings. The summed E-state index contributed by atoms with van der Waals surface area (Å²) in [6.45, 7) is 6.45. The molecule has 0 radical (unpaired) electrons. The van der Waals surface area contributed by atoms with Gasteiger partial charge in [0.15, 0.2) is 0 Å². The monoisotopic (exact) mass is 349 g/mol. The van der Waals surface area contributed by atoms with Crippen LogP contribution in [0.4, 0.5) is 0 Å². The second-order valence-electron chi connectivity index (χ2n) is 7.37. The predicted octanol–water partition coefficient (Wildman–Crippen LogP) is 5.79. The van der Waals surface area contributed by atoms with Gasteiger partial charge in [-0.25, -0.2) is 0 Å². The number of methoxy groups -OCH3 is 1. The average Bonchev–Trinajstić information content (AvgIpc) is 2.98. The highest BCUT2D eigenvalue weighted by molar-refractivity contribution is 5.97. The molecule has 0 unspecified atom stereocenters. The molecular weight excluding hydrogens is 322 g/mol. The quantitative estimate of drug-likeness (QED) is 0.596. The summed E-state index contributed by atoms with van der Waals surface area (Å²) in [5.41, 5.74) is 4.50.